The van der Waals surface area contributed by atoms with Crippen LogP contribution >= 0.6 is 0 Å². The molecule has 0 bridgehead atoms. The van der Waals surface area contributed by atoms with E-state index >= 15 is 0 Å². The van der Waals surface area contributed by atoms with E-state index in [1.54, 1.807) is 10.9 Å². The van der Waals surface area contributed by atoms with E-state index in [-0.39, 0.29) is 11.9 Å². The lowest BCUT2D eigenvalue weighted by Gasteiger charge is -2.23. The third kappa shape index (κ3) is 2.92. The van der Waals surface area contributed by atoms with Crippen LogP contribution in [0.1, 0.15) is 48.2 Å². The summed E-state index contributed by atoms with van der Waals surface area (Å²) in [4.78, 5) is 17.7. The Hall–Kier alpha value is -2.63. The zero-order valence-electron chi connectivity index (χ0n) is 14.6. The summed E-state index contributed by atoms with van der Waals surface area (Å²) in [5, 5.41) is 8.46. The predicted octanol–water partition coefficient (Wildman–Crippen LogP) is 3.60. The number of aryl methyl sites for hydroxylation is 2. The van der Waals surface area contributed by atoms with Gasteiger partial charge in [-0.25, -0.2) is 4.98 Å². The number of hydrogen-bond donors (Lipinski definition) is 1. The highest BCUT2D eigenvalue weighted by atomic mass is 16.3. The quantitative estimate of drug-likeness (QED) is 0.792. The zero-order chi connectivity index (χ0) is 17.4. The van der Waals surface area contributed by atoms with Crippen LogP contribution in [0, 0.1) is 6.92 Å². The molecule has 0 atom stereocenters. The summed E-state index contributed by atoms with van der Waals surface area (Å²) >= 11 is 0. The largest absolute Gasteiger partial charge is 0.463 e. The van der Waals surface area contributed by atoms with Gasteiger partial charge in [-0.15, -0.1) is 0 Å². The summed E-state index contributed by atoms with van der Waals surface area (Å²) in [6.07, 6.45) is 7.34. The molecule has 0 spiro atoms. The lowest BCUT2D eigenvalue weighted by atomic mass is 9.95. The molecule has 1 amide bonds. The Morgan fingerprint density at radius 3 is 2.84 bits per heavy atom. The van der Waals surface area contributed by atoms with Crippen molar-refractivity contribution in [1.82, 2.24) is 20.1 Å². The molecule has 25 heavy (non-hydrogen) atoms. The van der Waals surface area contributed by atoms with Gasteiger partial charge in [0.1, 0.15) is 5.69 Å². The number of nitrogens with zero attached hydrogens (tertiary/aromatic N) is 3. The minimum absolute atomic E-state index is 0.0526. The number of nitrogens with one attached hydrogen (secondary N) is 1. The fourth-order valence-corrected chi connectivity index (χ4v) is 3.68. The molecule has 1 aliphatic carbocycles. The molecule has 0 saturated heterocycles. The molecule has 0 aromatic carbocycles. The summed E-state index contributed by atoms with van der Waals surface area (Å²) in [5.41, 5.74) is 2.77. The topological polar surface area (TPSA) is 73.0 Å². The Bertz CT molecular complexity index is 905. The Labute approximate surface area is 146 Å². The SMILES string of the molecule is Cc1nn(C)c2nc(-c3ccco3)cc(C(=O)NC3CCCCC3)c12. The van der Waals surface area contributed by atoms with Gasteiger partial charge >= 0.3 is 0 Å². The molecule has 1 N–H and O–H groups in total. The predicted molar refractivity (Wildman–Crippen MR) is 95.3 cm³/mol. The maximum Gasteiger partial charge on any atom is 0.252 e. The number of pyridine rings is 1. The van der Waals surface area contributed by atoms with Crippen molar-refractivity contribution < 1.29 is 9.21 Å². The molecule has 3 aromatic heterocycles. The highest BCUT2D eigenvalue weighted by molar-refractivity contribution is 6.07. The molecule has 130 valence electrons. The van der Waals surface area contributed by atoms with Crippen molar-refractivity contribution in [2.24, 2.45) is 7.05 Å². The average Bonchev–Trinajstić information content (AvgIpc) is 3.24. The monoisotopic (exact) mass is 338 g/mol. The number of amides is 1. The zero-order valence-corrected chi connectivity index (χ0v) is 14.6. The van der Waals surface area contributed by atoms with Crippen molar-refractivity contribution >= 4 is 16.9 Å². The minimum atomic E-state index is -0.0526. The van der Waals surface area contributed by atoms with Gasteiger partial charge in [-0.05, 0) is 38.0 Å². The van der Waals surface area contributed by atoms with Crippen molar-refractivity contribution in [1.29, 1.82) is 0 Å². The fourth-order valence-electron chi connectivity index (χ4n) is 3.68. The lowest BCUT2D eigenvalue weighted by Crippen LogP contribution is -2.36. The molecule has 0 radical (unpaired) electrons. The number of rotatable bonds is 3. The molecule has 1 saturated carbocycles. The molecule has 1 aliphatic rings. The molecule has 0 aliphatic heterocycles. The maximum absolute atomic E-state index is 13.0. The number of aromatic nitrogens is 3. The van der Waals surface area contributed by atoms with Crippen LogP contribution < -0.4 is 5.32 Å². The molecular weight excluding hydrogens is 316 g/mol. The van der Waals surface area contributed by atoms with Crippen molar-refractivity contribution in [2.75, 3.05) is 0 Å². The Kier molecular flexibility index (Phi) is 4.03. The molecular formula is C19H22N4O2. The lowest BCUT2D eigenvalue weighted by molar-refractivity contribution is 0.0929. The van der Waals surface area contributed by atoms with Crippen LogP contribution in [0.15, 0.2) is 28.9 Å². The number of fused-ring (bicyclic) bond motifs is 1. The van der Waals surface area contributed by atoms with E-state index in [0.717, 1.165) is 23.9 Å². The molecule has 1 fully saturated rings. The van der Waals surface area contributed by atoms with Gasteiger partial charge in [-0.3, -0.25) is 9.48 Å². The van der Waals surface area contributed by atoms with E-state index in [9.17, 15) is 4.79 Å². The van der Waals surface area contributed by atoms with Crippen LogP contribution in [0.4, 0.5) is 0 Å². The van der Waals surface area contributed by atoms with Crippen molar-refractivity contribution in [3.63, 3.8) is 0 Å². The van der Waals surface area contributed by atoms with Gasteiger partial charge in [0.25, 0.3) is 5.91 Å². The Balaban J connectivity index is 1.79. The van der Waals surface area contributed by atoms with Crippen LogP contribution in [-0.2, 0) is 7.05 Å². The average molecular weight is 338 g/mol. The summed E-state index contributed by atoms with van der Waals surface area (Å²) in [6.45, 7) is 1.91. The second kappa shape index (κ2) is 6.35. The molecule has 3 heterocycles. The first-order chi connectivity index (χ1) is 12.1. The summed E-state index contributed by atoms with van der Waals surface area (Å²) in [6, 6.07) is 5.74. The first-order valence-corrected chi connectivity index (χ1v) is 8.82. The minimum Gasteiger partial charge on any atom is -0.463 e. The first-order valence-electron chi connectivity index (χ1n) is 8.82. The summed E-state index contributed by atoms with van der Waals surface area (Å²) in [5.74, 6) is 0.593. The van der Waals surface area contributed by atoms with E-state index < -0.39 is 0 Å². The van der Waals surface area contributed by atoms with Gasteiger partial charge < -0.3 is 9.73 Å². The van der Waals surface area contributed by atoms with Crippen molar-refractivity contribution in [2.45, 2.75) is 45.1 Å². The van der Waals surface area contributed by atoms with Crippen LogP contribution in [0.5, 0.6) is 0 Å². The number of carbonyl (C=O) groups excluding carboxylic acids is 1. The van der Waals surface area contributed by atoms with Crippen molar-refractivity contribution in [3.8, 4) is 11.5 Å². The normalized spacial score (nSPS) is 15.6. The molecule has 3 aromatic rings. The van der Waals surface area contributed by atoms with Gasteiger partial charge in [0.15, 0.2) is 11.4 Å². The molecule has 4 rings (SSSR count). The van der Waals surface area contributed by atoms with E-state index in [1.165, 1.54) is 19.3 Å². The molecule has 0 unspecified atom stereocenters. The van der Waals surface area contributed by atoms with E-state index in [4.69, 9.17) is 4.42 Å². The number of furan rings is 1. The molecule has 6 nitrogen and oxygen atoms in total. The van der Waals surface area contributed by atoms with E-state index in [2.05, 4.69) is 15.4 Å². The van der Waals surface area contributed by atoms with Gasteiger partial charge in [-0.1, -0.05) is 19.3 Å². The van der Waals surface area contributed by atoms with Crippen LogP contribution in [0.3, 0.4) is 0 Å². The van der Waals surface area contributed by atoms with Gasteiger partial charge in [-0.2, -0.15) is 5.10 Å². The highest BCUT2D eigenvalue weighted by Crippen LogP contribution is 2.27. The maximum atomic E-state index is 13.0. The smallest absolute Gasteiger partial charge is 0.252 e. The van der Waals surface area contributed by atoms with E-state index in [1.807, 2.05) is 32.2 Å². The number of hydrogen-bond acceptors (Lipinski definition) is 4. The fraction of sp³-hybridized carbons (Fsp3) is 0.421. The van der Waals surface area contributed by atoms with Gasteiger partial charge in [0, 0.05) is 13.1 Å². The van der Waals surface area contributed by atoms with Crippen LogP contribution in [-0.4, -0.2) is 26.7 Å². The molecule has 6 heteroatoms. The summed E-state index contributed by atoms with van der Waals surface area (Å²) < 4.78 is 7.19. The van der Waals surface area contributed by atoms with Crippen LogP contribution in [0.2, 0.25) is 0 Å². The Morgan fingerprint density at radius 1 is 1.32 bits per heavy atom. The van der Waals surface area contributed by atoms with Crippen molar-refractivity contribution in [3.05, 3.63) is 35.7 Å². The first kappa shape index (κ1) is 15.9. The second-order valence-corrected chi connectivity index (χ2v) is 6.75. The third-order valence-corrected chi connectivity index (χ3v) is 4.93. The summed E-state index contributed by atoms with van der Waals surface area (Å²) in [7, 11) is 1.84. The van der Waals surface area contributed by atoms with Crippen LogP contribution in [0.25, 0.3) is 22.5 Å². The highest BCUT2D eigenvalue weighted by Gasteiger charge is 2.22. The number of carbonyl (C=O) groups is 1. The van der Waals surface area contributed by atoms with Gasteiger partial charge in [0.2, 0.25) is 0 Å². The third-order valence-electron chi connectivity index (χ3n) is 4.93. The standard InChI is InChI=1S/C19H22N4O2/c1-12-17-14(19(24)20-13-7-4-3-5-8-13)11-15(16-9-6-10-25-16)21-18(17)23(2)22-12/h6,9-11,13H,3-5,7-8H2,1-2H3,(H,20,24). The second-order valence-electron chi connectivity index (χ2n) is 6.75. The van der Waals surface area contributed by atoms with E-state index in [0.29, 0.717) is 22.7 Å². The Morgan fingerprint density at radius 2 is 2.12 bits per heavy atom. The van der Waals surface area contributed by atoms with Gasteiger partial charge in [0.05, 0.1) is 22.9 Å².